The molecule has 0 radical (unpaired) electrons. The first-order valence-corrected chi connectivity index (χ1v) is 21.4. The molecule has 0 aliphatic carbocycles. The number of fused-ring (bicyclic) bond motifs is 2. The van der Waals surface area contributed by atoms with Crippen LogP contribution in [-0.2, 0) is 36.8 Å². The number of carboxylic acid groups (broad SMARTS) is 1. The highest BCUT2D eigenvalue weighted by Gasteiger charge is 2.36. The number of hydrogen-bond donors (Lipinski definition) is 5. The molecule has 0 bridgehead atoms. The van der Waals surface area contributed by atoms with Gasteiger partial charge in [0.15, 0.2) is 0 Å². The van der Waals surface area contributed by atoms with E-state index in [4.69, 9.17) is 24.6 Å². The standard InChI is InChI=1S/C23H26N2O6S.C21H22N2O6S/c1-3-31-23(28)16-9-12-19-18(13-16)25(14-21(26)24-29)22(27)20(32-19)6-4-5-15-7-10-17(30-2)11-8-15;1-29-15-8-5-13(6-9-15)3-2-4-18-20(25)23(12-19(24)22-28)16-11-14(21(26)27)7-10-17(16)30-18/h7-13,20,29H,3-6,14H2,1-2H3,(H,24,26);5-11,18,28H,2-4,12H2,1H3,(H,22,24)(H,26,27)/t20-;18-/m00/s1. The number of rotatable bonds is 17. The summed E-state index contributed by atoms with van der Waals surface area (Å²) in [5.41, 5.74) is 6.51. The molecule has 5 N–H and O–H groups in total. The summed E-state index contributed by atoms with van der Waals surface area (Å²) in [6.45, 7) is 1.21. The molecule has 2 atom stereocenters. The van der Waals surface area contributed by atoms with Crippen LogP contribution >= 0.6 is 23.5 Å². The molecule has 0 saturated heterocycles. The van der Waals surface area contributed by atoms with Gasteiger partial charge in [-0.25, -0.2) is 20.5 Å². The summed E-state index contributed by atoms with van der Waals surface area (Å²) >= 11 is 2.79. The zero-order valence-corrected chi connectivity index (χ0v) is 36.0. The summed E-state index contributed by atoms with van der Waals surface area (Å²) < 4.78 is 15.4. The van der Waals surface area contributed by atoms with Crippen LogP contribution in [0.3, 0.4) is 0 Å². The Bertz CT molecular complexity index is 2240. The fourth-order valence-corrected chi connectivity index (χ4v) is 9.25. The second-order valence-electron chi connectivity index (χ2n) is 14.0. The van der Waals surface area contributed by atoms with Crippen molar-refractivity contribution in [2.75, 3.05) is 43.7 Å². The molecule has 4 aromatic rings. The van der Waals surface area contributed by atoms with Crippen molar-refractivity contribution in [2.45, 2.75) is 65.7 Å². The minimum Gasteiger partial charge on any atom is -0.497 e. The molecule has 2 heterocycles. The zero-order chi connectivity index (χ0) is 44.8. The van der Waals surface area contributed by atoms with Crippen LogP contribution in [0.2, 0.25) is 0 Å². The monoisotopic (exact) mass is 888 g/mol. The largest absolute Gasteiger partial charge is 0.497 e. The highest BCUT2D eigenvalue weighted by molar-refractivity contribution is 8.01. The van der Waals surface area contributed by atoms with Crippen molar-refractivity contribution in [3.63, 3.8) is 0 Å². The maximum Gasteiger partial charge on any atom is 0.338 e. The van der Waals surface area contributed by atoms with E-state index < -0.39 is 29.0 Å². The van der Waals surface area contributed by atoms with Crippen LogP contribution in [0.4, 0.5) is 11.4 Å². The molecule has 18 heteroatoms. The average Bonchev–Trinajstić information content (AvgIpc) is 3.29. The molecule has 328 valence electrons. The van der Waals surface area contributed by atoms with Crippen molar-refractivity contribution in [2.24, 2.45) is 0 Å². The van der Waals surface area contributed by atoms with Gasteiger partial charge in [0.25, 0.3) is 11.8 Å². The smallest absolute Gasteiger partial charge is 0.338 e. The predicted molar refractivity (Wildman–Crippen MR) is 232 cm³/mol. The summed E-state index contributed by atoms with van der Waals surface area (Å²) in [7, 11) is 3.23. The van der Waals surface area contributed by atoms with Crippen LogP contribution in [0.5, 0.6) is 11.5 Å². The third kappa shape index (κ3) is 12.3. The Kier molecular flexibility index (Phi) is 17.2. The lowest BCUT2D eigenvalue weighted by Gasteiger charge is -2.33. The SMILES string of the molecule is CCOC(=O)c1ccc2c(c1)N(CC(=O)NO)C(=O)[C@H](CCCc1ccc(OC)cc1)S2.COc1ccc(CCC[C@@H]2Sc3ccc(C(=O)O)cc3N(CC(=O)NO)C2=O)cc1. The number of aryl methyl sites for hydroxylation is 2. The number of hydrogen-bond acceptors (Lipinski definition) is 13. The number of nitrogens with one attached hydrogen (secondary N) is 2. The molecule has 0 aromatic heterocycles. The predicted octanol–water partition coefficient (Wildman–Crippen LogP) is 5.94. The number of benzene rings is 4. The van der Waals surface area contributed by atoms with Crippen molar-refractivity contribution in [1.82, 2.24) is 11.0 Å². The highest BCUT2D eigenvalue weighted by Crippen LogP contribution is 2.43. The van der Waals surface area contributed by atoms with Crippen molar-refractivity contribution in [3.8, 4) is 11.5 Å². The number of carboxylic acids is 1. The van der Waals surface area contributed by atoms with Gasteiger partial charge in [-0.05, 0) is 117 Å². The Hall–Kier alpha value is -6.08. The molecule has 62 heavy (non-hydrogen) atoms. The Morgan fingerprint density at radius 3 is 1.45 bits per heavy atom. The molecule has 4 aromatic carbocycles. The van der Waals surface area contributed by atoms with E-state index in [1.807, 2.05) is 48.5 Å². The van der Waals surface area contributed by atoms with E-state index in [0.29, 0.717) is 29.8 Å². The molecule has 2 aliphatic heterocycles. The molecule has 2 aliphatic rings. The van der Waals surface area contributed by atoms with Gasteiger partial charge in [-0.3, -0.25) is 29.6 Å². The van der Waals surface area contributed by atoms with E-state index in [9.17, 15) is 33.9 Å². The molecule has 4 amide bonds. The molecule has 16 nitrogen and oxygen atoms in total. The Labute approximate surface area is 366 Å². The summed E-state index contributed by atoms with van der Waals surface area (Å²) in [5, 5.41) is 26.3. The van der Waals surface area contributed by atoms with Gasteiger partial charge in [0.05, 0.1) is 53.8 Å². The summed E-state index contributed by atoms with van der Waals surface area (Å²) in [6, 6.07) is 25.0. The van der Waals surface area contributed by atoms with E-state index >= 15 is 0 Å². The highest BCUT2D eigenvalue weighted by atomic mass is 32.2. The van der Waals surface area contributed by atoms with E-state index in [1.165, 1.54) is 50.9 Å². The van der Waals surface area contributed by atoms with Crippen LogP contribution in [0.25, 0.3) is 0 Å². The quantitative estimate of drug-likeness (QED) is 0.0471. The van der Waals surface area contributed by atoms with Crippen LogP contribution in [-0.4, -0.2) is 95.5 Å². The third-order valence-corrected chi connectivity index (χ3v) is 12.6. The number of esters is 1. The number of thioether (sulfide) groups is 2. The number of anilines is 2. The maximum atomic E-state index is 13.2. The number of amides is 4. The fourth-order valence-electron chi connectivity index (χ4n) is 6.74. The van der Waals surface area contributed by atoms with E-state index in [2.05, 4.69) is 0 Å². The topological polar surface area (TPSA) is 221 Å². The number of hydroxylamine groups is 2. The lowest BCUT2D eigenvalue weighted by atomic mass is 10.1. The van der Waals surface area contributed by atoms with Crippen LogP contribution in [0, 0.1) is 0 Å². The van der Waals surface area contributed by atoms with Gasteiger partial charge in [0.2, 0.25) is 11.8 Å². The fraction of sp³-hybridized carbons (Fsp3) is 0.318. The van der Waals surface area contributed by atoms with Crippen LogP contribution in [0.15, 0.2) is 94.7 Å². The minimum absolute atomic E-state index is 0.0227. The van der Waals surface area contributed by atoms with Gasteiger partial charge in [-0.1, -0.05) is 24.3 Å². The van der Waals surface area contributed by atoms with Gasteiger partial charge >= 0.3 is 11.9 Å². The Balaban J connectivity index is 0.000000235. The van der Waals surface area contributed by atoms with Crippen molar-refractivity contribution in [1.29, 1.82) is 0 Å². The molecule has 0 fully saturated rings. The van der Waals surface area contributed by atoms with Crippen molar-refractivity contribution >= 4 is 70.5 Å². The lowest BCUT2D eigenvalue weighted by Crippen LogP contribution is -2.46. The number of carbonyl (C=O) groups excluding carboxylic acids is 5. The maximum absolute atomic E-state index is 13.2. The van der Waals surface area contributed by atoms with E-state index in [1.54, 1.807) is 50.9 Å². The summed E-state index contributed by atoms with van der Waals surface area (Å²) in [5.74, 6) is -2.02. The minimum atomic E-state index is -1.12. The average molecular weight is 889 g/mol. The van der Waals surface area contributed by atoms with Crippen molar-refractivity contribution < 1.29 is 58.5 Å². The second kappa shape index (κ2) is 22.7. The molecule has 0 saturated carbocycles. The number of aromatic carboxylic acids is 1. The first-order chi connectivity index (χ1) is 29.9. The first kappa shape index (κ1) is 47.0. The number of ether oxygens (including phenoxy) is 3. The second-order valence-corrected chi connectivity index (χ2v) is 16.5. The summed E-state index contributed by atoms with van der Waals surface area (Å²) in [6.07, 6.45) is 4.35. The number of methoxy groups -OCH3 is 2. The molecule has 0 spiro atoms. The van der Waals surface area contributed by atoms with Gasteiger partial charge in [0.1, 0.15) is 24.6 Å². The number of carbonyl (C=O) groups is 6. The van der Waals surface area contributed by atoms with E-state index in [0.717, 1.165) is 58.1 Å². The lowest BCUT2D eigenvalue weighted by molar-refractivity contribution is -0.129. The number of nitrogens with zero attached hydrogens (tertiary/aromatic N) is 2. The van der Waals surface area contributed by atoms with Crippen molar-refractivity contribution in [3.05, 3.63) is 107 Å². The van der Waals surface area contributed by atoms with Crippen LogP contribution < -0.4 is 30.2 Å². The van der Waals surface area contributed by atoms with Gasteiger partial charge in [0, 0.05) is 9.79 Å². The summed E-state index contributed by atoms with van der Waals surface area (Å²) in [4.78, 5) is 77.3. The normalized spacial score (nSPS) is 15.3. The molecule has 6 rings (SSSR count). The Morgan fingerprint density at radius 2 is 1.06 bits per heavy atom. The van der Waals surface area contributed by atoms with Gasteiger partial charge in [-0.15, -0.1) is 23.5 Å². The molecular formula is C44H48N4O12S2. The molecular weight excluding hydrogens is 841 g/mol. The molecule has 0 unspecified atom stereocenters. The van der Waals surface area contributed by atoms with Gasteiger partial charge < -0.3 is 29.1 Å². The van der Waals surface area contributed by atoms with Gasteiger partial charge in [-0.2, -0.15) is 0 Å². The van der Waals surface area contributed by atoms with E-state index in [-0.39, 0.29) is 42.3 Å². The van der Waals surface area contributed by atoms with Crippen LogP contribution in [0.1, 0.15) is 64.4 Å². The first-order valence-electron chi connectivity index (χ1n) is 19.7. The zero-order valence-electron chi connectivity index (χ0n) is 34.3. The third-order valence-electron chi connectivity index (χ3n) is 9.91. The Morgan fingerprint density at radius 1 is 0.645 bits per heavy atom.